The number of hydrogen-bond donors (Lipinski definition) is 0. The highest BCUT2D eigenvalue weighted by molar-refractivity contribution is 5.94. The molecule has 16 heavy (non-hydrogen) atoms. The highest BCUT2D eigenvalue weighted by Gasteiger charge is 2.15. The van der Waals surface area contributed by atoms with Gasteiger partial charge in [-0.2, -0.15) is 0 Å². The number of fused-ring (bicyclic) bond motifs is 1. The van der Waals surface area contributed by atoms with Gasteiger partial charge >= 0.3 is 0 Å². The average molecular weight is 216 g/mol. The molecule has 0 atom stereocenters. The van der Waals surface area contributed by atoms with E-state index in [2.05, 4.69) is 4.98 Å². The molecule has 0 aliphatic heterocycles. The van der Waals surface area contributed by atoms with Crippen molar-refractivity contribution in [3.8, 4) is 0 Å². The molecule has 4 heteroatoms. The molecule has 0 saturated heterocycles. The number of hydrogen-bond acceptors (Lipinski definition) is 3. The van der Waals surface area contributed by atoms with Crippen LogP contribution in [0.25, 0.3) is 10.8 Å². The topological polar surface area (TPSA) is 56.0 Å². The second-order valence-corrected chi connectivity index (χ2v) is 3.70. The molecule has 0 spiro atoms. The van der Waals surface area contributed by atoms with Gasteiger partial charge in [0.2, 0.25) is 0 Å². The normalized spacial score (nSPS) is 10.6. The SMILES string of the molecule is CCc1ncc(C)c2c([N+](=O)[O-])cccc12. The summed E-state index contributed by atoms with van der Waals surface area (Å²) < 4.78 is 0. The maximum atomic E-state index is 11.0. The Morgan fingerprint density at radius 1 is 1.44 bits per heavy atom. The summed E-state index contributed by atoms with van der Waals surface area (Å²) in [4.78, 5) is 14.9. The predicted octanol–water partition coefficient (Wildman–Crippen LogP) is 3.01. The van der Waals surface area contributed by atoms with Gasteiger partial charge in [-0.3, -0.25) is 15.1 Å². The van der Waals surface area contributed by atoms with Crippen LogP contribution in [0.15, 0.2) is 24.4 Å². The lowest BCUT2D eigenvalue weighted by Crippen LogP contribution is -1.96. The van der Waals surface area contributed by atoms with Gasteiger partial charge in [0, 0.05) is 23.3 Å². The lowest BCUT2D eigenvalue weighted by atomic mass is 10.0. The zero-order chi connectivity index (χ0) is 11.7. The Kier molecular flexibility index (Phi) is 2.56. The fraction of sp³-hybridized carbons (Fsp3) is 0.250. The second-order valence-electron chi connectivity index (χ2n) is 3.70. The molecule has 1 aromatic carbocycles. The monoisotopic (exact) mass is 216 g/mol. The van der Waals surface area contributed by atoms with Crippen molar-refractivity contribution in [3.05, 3.63) is 45.8 Å². The molecule has 0 amide bonds. The molecule has 0 aliphatic rings. The van der Waals surface area contributed by atoms with E-state index in [1.54, 1.807) is 12.3 Å². The summed E-state index contributed by atoms with van der Waals surface area (Å²) in [6, 6.07) is 5.14. The Labute approximate surface area is 93.1 Å². The first kappa shape index (κ1) is 10.5. The summed E-state index contributed by atoms with van der Waals surface area (Å²) in [5.74, 6) is 0. The number of non-ortho nitro benzene ring substituents is 1. The molecule has 0 N–H and O–H groups in total. The van der Waals surface area contributed by atoms with Crippen molar-refractivity contribution in [2.75, 3.05) is 0 Å². The number of nitrogens with zero attached hydrogens (tertiary/aromatic N) is 2. The third-order valence-corrected chi connectivity index (χ3v) is 2.69. The lowest BCUT2D eigenvalue weighted by molar-refractivity contribution is -0.383. The molecule has 0 unspecified atom stereocenters. The van der Waals surface area contributed by atoms with Gasteiger partial charge in [0.15, 0.2) is 0 Å². The molecular formula is C12H12N2O2. The number of aromatic nitrogens is 1. The molecule has 2 rings (SSSR count). The van der Waals surface area contributed by atoms with Crippen LogP contribution in [0.2, 0.25) is 0 Å². The van der Waals surface area contributed by atoms with E-state index in [1.165, 1.54) is 6.07 Å². The zero-order valence-corrected chi connectivity index (χ0v) is 9.23. The first-order chi connectivity index (χ1) is 7.65. The van der Waals surface area contributed by atoms with Crippen molar-refractivity contribution in [2.45, 2.75) is 20.3 Å². The minimum atomic E-state index is -0.339. The van der Waals surface area contributed by atoms with Gasteiger partial charge in [-0.05, 0) is 18.9 Å². The van der Waals surface area contributed by atoms with Gasteiger partial charge in [0.05, 0.1) is 10.3 Å². The fourth-order valence-corrected chi connectivity index (χ4v) is 1.94. The number of rotatable bonds is 2. The summed E-state index contributed by atoms with van der Waals surface area (Å²) in [5.41, 5.74) is 1.91. The molecule has 0 radical (unpaired) electrons. The quantitative estimate of drug-likeness (QED) is 0.572. The van der Waals surface area contributed by atoms with E-state index in [0.717, 1.165) is 23.1 Å². The molecule has 0 saturated carbocycles. The lowest BCUT2D eigenvalue weighted by Gasteiger charge is -2.06. The smallest absolute Gasteiger partial charge is 0.260 e. The third-order valence-electron chi connectivity index (χ3n) is 2.69. The van der Waals surface area contributed by atoms with Crippen molar-refractivity contribution >= 4 is 16.5 Å². The molecule has 0 aliphatic carbocycles. The first-order valence-corrected chi connectivity index (χ1v) is 5.16. The van der Waals surface area contributed by atoms with Gasteiger partial charge in [-0.1, -0.05) is 19.1 Å². The summed E-state index contributed by atoms with van der Waals surface area (Å²) in [6.07, 6.45) is 2.48. The Balaban J connectivity index is 2.91. The van der Waals surface area contributed by atoms with Crippen molar-refractivity contribution in [1.29, 1.82) is 0 Å². The van der Waals surface area contributed by atoms with E-state index in [0.29, 0.717) is 5.39 Å². The van der Waals surface area contributed by atoms with E-state index in [-0.39, 0.29) is 10.6 Å². The number of nitro groups is 1. The summed E-state index contributed by atoms with van der Waals surface area (Å²) in [6.45, 7) is 3.84. The maximum absolute atomic E-state index is 11.0. The third kappa shape index (κ3) is 1.52. The van der Waals surface area contributed by atoms with Crippen LogP contribution in [-0.4, -0.2) is 9.91 Å². The Morgan fingerprint density at radius 2 is 2.19 bits per heavy atom. The maximum Gasteiger partial charge on any atom is 0.277 e. The van der Waals surface area contributed by atoms with Crippen molar-refractivity contribution in [3.63, 3.8) is 0 Å². The van der Waals surface area contributed by atoms with Crippen LogP contribution < -0.4 is 0 Å². The molecule has 82 valence electrons. The van der Waals surface area contributed by atoms with Crippen molar-refractivity contribution in [1.82, 2.24) is 4.98 Å². The van der Waals surface area contributed by atoms with Gasteiger partial charge < -0.3 is 0 Å². The standard InChI is InChI=1S/C12H12N2O2/c1-3-10-9-5-4-6-11(14(15)16)12(9)8(2)7-13-10/h4-7H,3H2,1-2H3. The van der Waals surface area contributed by atoms with Crippen LogP contribution in [0.1, 0.15) is 18.2 Å². The van der Waals surface area contributed by atoms with Crippen LogP contribution in [0.4, 0.5) is 5.69 Å². The Morgan fingerprint density at radius 3 is 2.81 bits per heavy atom. The van der Waals surface area contributed by atoms with Gasteiger partial charge in [0.1, 0.15) is 0 Å². The van der Waals surface area contributed by atoms with E-state index >= 15 is 0 Å². The fourth-order valence-electron chi connectivity index (χ4n) is 1.94. The van der Waals surface area contributed by atoms with Crippen LogP contribution >= 0.6 is 0 Å². The van der Waals surface area contributed by atoms with Crippen LogP contribution in [0.5, 0.6) is 0 Å². The van der Waals surface area contributed by atoms with Gasteiger partial charge in [-0.15, -0.1) is 0 Å². The van der Waals surface area contributed by atoms with Gasteiger partial charge in [-0.25, -0.2) is 0 Å². The number of benzene rings is 1. The molecule has 2 aromatic rings. The van der Waals surface area contributed by atoms with E-state index in [9.17, 15) is 10.1 Å². The summed E-state index contributed by atoms with van der Waals surface area (Å²) in [7, 11) is 0. The number of aryl methyl sites for hydroxylation is 2. The van der Waals surface area contributed by atoms with Crippen LogP contribution in [-0.2, 0) is 6.42 Å². The summed E-state index contributed by atoms with van der Waals surface area (Å²) >= 11 is 0. The molecular weight excluding hydrogens is 204 g/mol. The predicted molar refractivity (Wildman–Crippen MR) is 62.5 cm³/mol. The van der Waals surface area contributed by atoms with E-state index < -0.39 is 0 Å². The first-order valence-electron chi connectivity index (χ1n) is 5.16. The molecule has 0 fully saturated rings. The minimum Gasteiger partial charge on any atom is -0.260 e. The number of nitro benzene ring substituents is 1. The van der Waals surface area contributed by atoms with E-state index in [1.807, 2.05) is 19.9 Å². The molecule has 1 aromatic heterocycles. The number of pyridine rings is 1. The largest absolute Gasteiger partial charge is 0.277 e. The van der Waals surface area contributed by atoms with Crippen molar-refractivity contribution < 1.29 is 4.92 Å². The van der Waals surface area contributed by atoms with Crippen LogP contribution in [0, 0.1) is 17.0 Å². The van der Waals surface area contributed by atoms with Crippen molar-refractivity contribution in [2.24, 2.45) is 0 Å². The van der Waals surface area contributed by atoms with E-state index in [4.69, 9.17) is 0 Å². The Hall–Kier alpha value is -1.97. The molecule has 4 nitrogen and oxygen atoms in total. The van der Waals surface area contributed by atoms with Crippen LogP contribution in [0.3, 0.4) is 0 Å². The van der Waals surface area contributed by atoms with Gasteiger partial charge in [0.25, 0.3) is 5.69 Å². The molecule has 1 heterocycles. The Bertz CT molecular complexity index is 564. The highest BCUT2D eigenvalue weighted by atomic mass is 16.6. The molecule has 0 bridgehead atoms. The summed E-state index contributed by atoms with van der Waals surface area (Å²) in [5, 5.41) is 12.5. The highest BCUT2D eigenvalue weighted by Crippen LogP contribution is 2.29. The zero-order valence-electron chi connectivity index (χ0n) is 9.23. The minimum absolute atomic E-state index is 0.159. The second kappa shape index (κ2) is 3.89. The average Bonchev–Trinajstić information content (AvgIpc) is 2.29.